The number of nitrogens with zero attached hydrogens (tertiary/aromatic N) is 5. The summed E-state index contributed by atoms with van der Waals surface area (Å²) in [6, 6.07) is 73.0. The fraction of sp³-hybridized carbons (Fsp3) is 0.0312. The molecule has 0 radical (unpaired) electrons. The Kier molecular flexibility index (Phi) is 8.77. The van der Waals surface area contributed by atoms with Crippen molar-refractivity contribution in [3.05, 3.63) is 216 Å². The monoisotopic (exact) mass is 875 g/mol. The molecule has 1 heterocycles. The van der Waals surface area contributed by atoms with Crippen LogP contribution in [-0.4, -0.2) is 9.55 Å². The van der Waals surface area contributed by atoms with E-state index in [4.69, 9.17) is 4.98 Å². The summed E-state index contributed by atoms with van der Waals surface area (Å²) in [5.74, 6) is 0.909. The second-order valence-corrected chi connectivity index (χ2v) is 18.1. The number of aryl methyl sites for hydroxylation is 2. The molecule has 0 unspecified atom stereocenters. The predicted octanol–water partition coefficient (Wildman–Crippen LogP) is 16.2. The molecule has 69 heavy (non-hydrogen) atoms. The van der Waals surface area contributed by atoms with Gasteiger partial charge in [-0.15, -0.1) is 0 Å². The highest BCUT2D eigenvalue weighted by atomic mass is 15.1. The van der Waals surface area contributed by atoms with Gasteiger partial charge in [0.15, 0.2) is 0 Å². The number of imidazole rings is 1. The van der Waals surface area contributed by atoms with Crippen LogP contribution in [0, 0.1) is 47.8 Å². The summed E-state index contributed by atoms with van der Waals surface area (Å²) in [6.45, 7) is 4.13. The quantitative estimate of drug-likeness (QED) is 0.161. The summed E-state index contributed by atoms with van der Waals surface area (Å²) < 4.78 is 2.25. The zero-order valence-electron chi connectivity index (χ0n) is 37.6. The van der Waals surface area contributed by atoms with Crippen molar-refractivity contribution in [1.82, 2.24) is 9.55 Å². The van der Waals surface area contributed by atoms with E-state index in [1.165, 1.54) is 38.6 Å². The minimum Gasteiger partial charge on any atom is -0.292 e. The number of nitriles is 3. The summed E-state index contributed by atoms with van der Waals surface area (Å²) in [4.78, 5) is 5.08. The highest BCUT2D eigenvalue weighted by Crippen LogP contribution is 2.53. The minimum atomic E-state index is 0.585. The van der Waals surface area contributed by atoms with Crippen LogP contribution in [-0.2, 0) is 0 Å². The molecule has 0 aliphatic heterocycles. The topological polar surface area (TPSA) is 89.2 Å². The normalized spacial score (nSPS) is 11.6. The first kappa shape index (κ1) is 39.7. The molecule has 12 aromatic rings. The summed E-state index contributed by atoms with van der Waals surface area (Å²) in [5.41, 5.74) is 19.2. The zero-order valence-corrected chi connectivity index (χ0v) is 37.6. The lowest BCUT2D eigenvalue weighted by Crippen LogP contribution is -1.97. The fourth-order valence-corrected chi connectivity index (χ4v) is 11.1. The Morgan fingerprint density at radius 3 is 1.58 bits per heavy atom. The van der Waals surface area contributed by atoms with Gasteiger partial charge in [-0.1, -0.05) is 103 Å². The van der Waals surface area contributed by atoms with E-state index in [2.05, 4.69) is 163 Å². The van der Waals surface area contributed by atoms with Crippen LogP contribution in [0.15, 0.2) is 188 Å². The first-order chi connectivity index (χ1) is 33.9. The maximum absolute atomic E-state index is 10.1. The van der Waals surface area contributed by atoms with Crippen LogP contribution >= 0.6 is 0 Å². The van der Waals surface area contributed by atoms with E-state index in [9.17, 15) is 15.8 Å². The smallest absolute Gasteiger partial charge is 0.145 e. The van der Waals surface area contributed by atoms with Gasteiger partial charge in [0.2, 0.25) is 0 Å². The van der Waals surface area contributed by atoms with E-state index in [0.717, 1.165) is 99.4 Å². The van der Waals surface area contributed by atoms with Crippen molar-refractivity contribution in [2.24, 2.45) is 0 Å². The second kappa shape index (κ2) is 15.2. The third kappa shape index (κ3) is 6.04. The maximum atomic E-state index is 10.1. The summed E-state index contributed by atoms with van der Waals surface area (Å²) >= 11 is 0. The Morgan fingerprint density at radius 2 is 0.899 bits per heavy atom. The van der Waals surface area contributed by atoms with Crippen molar-refractivity contribution in [3.63, 3.8) is 0 Å². The molecule has 0 N–H and O–H groups in total. The van der Waals surface area contributed by atoms with Gasteiger partial charge in [0.25, 0.3) is 0 Å². The second-order valence-electron chi connectivity index (χ2n) is 18.1. The van der Waals surface area contributed by atoms with Crippen LogP contribution in [0.2, 0.25) is 0 Å². The molecule has 5 heteroatoms. The predicted molar refractivity (Wildman–Crippen MR) is 281 cm³/mol. The van der Waals surface area contributed by atoms with Crippen LogP contribution in [0.4, 0.5) is 0 Å². The highest BCUT2D eigenvalue weighted by molar-refractivity contribution is 6.27. The third-order valence-corrected chi connectivity index (χ3v) is 14.3. The van der Waals surface area contributed by atoms with Crippen molar-refractivity contribution in [3.8, 4) is 90.9 Å². The lowest BCUT2D eigenvalue weighted by atomic mass is 9.84. The van der Waals surface area contributed by atoms with Gasteiger partial charge < -0.3 is 0 Å². The number of hydrogen-bond donors (Lipinski definition) is 0. The van der Waals surface area contributed by atoms with E-state index in [1.807, 2.05) is 61.5 Å². The molecule has 11 aromatic carbocycles. The third-order valence-electron chi connectivity index (χ3n) is 14.3. The van der Waals surface area contributed by atoms with Crippen LogP contribution in [0.3, 0.4) is 0 Å². The highest BCUT2D eigenvalue weighted by Gasteiger charge is 2.26. The molecule has 318 valence electrons. The van der Waals surface area contributed by atoms with Gasteiger partial charge in [-0.3, -0.25) is 4.57 Å². The molecule has 0 fully saturated rings. The van der Waals surface area contributed by atoms with Gasteiger partial charge >= 0.3 is 0 Å². The Hall–Kier alpha value is -9.60. The molecule has 0 saturated heterocycles. The summed E-state index contributed by atoms with van der Waals surface area (Å²) in [5, 5.41) is 38.6. The molecule has 1 aliphatic carbocycles. The van der Waals surface area contributed by atoms with E-state index >= 15 is 0 Å². The molecule has 0 saturated carbocycles. The molecule has 0 amide bonds. The molecule has 0 atom stereocenters. The SMILES string of the molecule is Cc1cc(C#N)ccc1-c1cc2c3cc4c(cc3c(-c3ccc(C#N)cc3C)cc2c2ccc(C#N)cc12)-c1ccc(-c2ccc(-n3c(-c5ccccc5)nc5ccccc53)cc2)c2cccc-4c12. The Bertz CT molecular complexity index is 4350. The van der Waals surface area contributed by atoms with Crippen LogP contribution in [0.25, 0.3) is 127 Å². The molecular formula is C64H37N5. The molecule has 13 rings (SSSR count). The molecule has 0 spiro atoms. The van der Waals surface area contributed by atoms with Gasteiger partial charge in [-0.2, -0.15) is 15.8 Å². The fourth-order valence-electron chi connectivity index (χ4n) is 11.1. The summed E-state index contributed by atoms with van der Waals surface area (Å²) in [7, 11) is 0. The van der Waals surface area contributed by atoms with Crippen LogP contribution in [0.1, 0.15) is 27.8 Å². The number of para-hydroxylation sites is 2. The number of benzene rings is 11. The molecule has 0 bridgehead atoms. The molecule has 5 nitrogen and oxygen atoms in total. The van der Waals surface area contributed by atoms with E-state index in [0.29, 0.717) is 16.7 Å². The molecular weight excluding hydrogens is 839 g/mol. The Morgan fingerprint density at radius 1 is 0.362 bits per heavy atom. The Balaban J connectivity index is 1.03. The zero-order chi connectivity index (χ0) is 46.5. The number of hydrogen-bond acceptors (Lipinski definition) is 4. The average molecular weight is 876 g/mol. The molecule has 1 aromatic heterocycles. The average Bonchev–Trinajstić information content (AvgIpc) is 3.94. The van der Waals surface area contributed by atoms with Crippen molar-refractivity contribution >= 4 is 54.1 Å². The Labute approximate surface area is 398 Å². The van der Waals surface area contributed by atoms with Crippen molar-refractivity contribution < 1.29 is 0 Å². The number of fused-ring (bicyclic) bond motifs is 9. The van der Waals surface area contributed by atoms with Crippen LogP contribution in [0.5, 0.6) is 0 Å². The van der Waals surface area contributed by atoms with E-state index in [1.54, 1.807) is 0 Å². The van der Waals surface area contributed by atoms with Gasteiger partial charge in [0, 0.05) is 11.3 Å². The van der Waals surface area contributed by atoms with Crippen LogP contribution < -0.4 is 0 Å². The number of rotatable bonds is 5. The van der Waals surface area contributed by atoms with Crippen molar-refractivity contribution in [1.29, 1.82) is 15.8 Å². The lowest BCUT2D eigenvalue weighted by molar-refractivity contribution is 1.10. The lowest BCUT2D eigenvalue weighted by Gasteiger charge is -2.19. The van der Waals surface area contributed by atoms with Gasteiger partial charge in [0.1, 0.15) is 5.82 Å². The largest absolute Gasteiger partial charge is 0.292 e. The van der Waals surface area contributed by atoms with Crippen molar-refractivity contribution in [2.45, 2.75) is 13.8 Å². The van der Waals surface area contributed by atoms with E-state index in [-0.39, 0.29) is 0 Å². The van der Waals surface area contributed by atoms with Crippen molar-refractivity contribution in [2.75, 3.05) is 0 Å². The summed E-state index contributed by atoms with van der Waals surface area (Å²) in [6.07, 6.45) is 0. The standard InChI is InChI=1S/C64H37N5/c1-37-27-39(34-65)15-22-45(37)53-31-59-55(48-24-17-41(36-67)29-52(48)53)30-54(46-23-16-40(35-66)28-38(46)2)58-33-57-51-26-25-47(49-11-8-12-50(63(49)51)56(57)32-60(58)59)42-18-20-44(21-19-42)69-62-14-7-6-13-61(62)68-64(69)43-9-4-3-5-10-43/h3-33H,1-2H3. The van der Waals surface area contributed by atoms with Gasteiger partial charge in [0.05, 0.1) is 45.9 Å². The molecule has 1 aliphatic rings. The first-order valence-electron chi connectivity index (χ1n) is 23.0. The first-order valence-corrected chi connectivity index (χ1v) is 23.0. The maximum Gasteiger partial charge on any atom is 0.145 e. The minimum absolute atomic E-state index is 0.585. The van der Waals surface area contributed by atoms with E-state index < -0.39 is 0 Å². The number of aromatic nitrogens is 2. The van der Waals surface area contributed by atoms with Gasteiger partial charge in [-0.05, 0) is 209 Å². The van der Waals surface area contributed by atoms with Gasteiger partial charge in [-0.25, -0.2) is 4.98 Å².